The standard InChI is InChI=1S/C12H14BrNO4S/c1-7-11(8-2-4-9(13)5-3-8)14-10(12(15)16)6-19(7,17)18/h2-5,7,10-11,14H,6H2,1H3,(H,15,16). The Bertz CT molecular complexity index is 584. The van der Waals surface area contributed by atoms with Crippen molar-refractivity contribution in [2.45, 2.75) is 24.3 Å². The van der Waals surface area contributed by atoms with Gasteiger partial charge in [0.2, 0.25) is 0 Å². The maximum Gasteiger partial charge on any atom is 0.321 e. The van der Waals surface area contributed by atoms with Gasteiger partial charge in [-0.1, -0.05) is 28.1 Å². The molecular formula is C12H14BrNO4S. The van der Waals surface area contributed by atoms with Gasteiger partial charge in [0.25, 0.3) is 0 Å². The quantitative estimate of drug-likeness (QED) is 0.843. The molecule has 1 aromatic carbocycles. The molecule has 0 spiro atoms. The molecule has 0 saturated carbocycles. The van der Waals surface area contributed by atoms with Crippen LogP contribution in [0.5, 0.6) is 0 Å². The molecule has 1 saturated heterocycles. The highest BCUT2D eigenvalue weighted by Gasteiger charge is 2.41. The Morgan fingerprint density at radius 2 is 1.95 bits per heavy atom. The SMILES string of the molecule is CC1C(c2ccc(Br)cc2)NC(C(=O)O)CS1(=O)=O. The summed E-state index contributed by atoms with van der Waals surface area (Å²) in [7, 11) is -3.42. The lowest BCUT2D eigenvalue weighted by molar-refractivity contribution is -0.139. The van der Waals surface area contributed by atoms with Crippen LogP contribution in [0, 0.1) is 0 Å². The zero-order chi connectivity index (χ0) is 14.2. The minimum atomic E-state index is -3.42. The van der Waals surface area contributed by atoms with E-state index < -0.39 is 33.1 Å². The van der Waals surface area contributed by atoms with E-state index in [-0.39, 0.29) is 5.75 Å². The molecule has 1 aliphatic rings. The van der Waals surface area contributed by atoms with Crippen LogP contribution in [0.1, 0.15) is 18.5 Å². The van der Waals surface area contributed by atoms with E-state index in [1.165, 1.54) is 0 Å². The molecule has 2 rings (SSSR count). The fourth-order valence-electron chi connectivity index (χ4n) is 2.17. The third kappa shape index (κ3) is 2.98. The first-order valence-corrected chi connectivity index (χ1v) is 8.28. The van der Waals surface area contributed by atoms with Gasteiger partial charge in [-0.05, 0) is 24.6 Å². The van der Waals surface area contributed by atoms with Gasteiger partial charge >= 0.3 is 5.97 Å². The fraction of sp³-hybridized carbons (Fsp3) is 0.417. The van der Waals surface area contributed by atoms with Gasteiger partial charge in [0, 0.05) is 10.5 Å². The lowest BCUT2D eigenvalue weighted by Crippen LogP contribution is -2.54. The third-order valence-corrected chi connectivity index (χ3v) is 6.07. The number of sulfone groups is 1. The van der Waals surface area contributed by atoms with Crippen molar-refractivity contribution in [2.75, 3.05) is 5.75 Å². The number of halogens is 1. The van der Waals surface area contributed by atoms with E-state index in [4.69, 9.17) is 5.11 Å². The predicted octanol–water partition coefficient (Wildman–Crippen LogP) is 1.35. The molecule has 1 aliphatic heterocycles. The minimum Gasteiger partial charge on any atom is -0.480 e. The summed E-state index contributed by atoms with van der Waals surface area (Å²) in [4.78, 5) is 11.0. The maximum absolute atomic E-state index is 12.0. The highest BCUT2D eigenvalue weighted by atomic mass is 79.9. The number of benzene rings is 1. The molecule has 1 fully saturated rings. The zero-order valence-electron chi connectivity index (χ0n) is 10.2. The first-order chi connectivity index (χ1) is 8.81. The summed E-state index contributed by atoms with van der Waals surface area (Å²) in [5, 5.41) is 11.3. The van der Waals surface area contributed by atoms with E-state index in [1.807, 2.05) is 0 Å². The maximum atomic E-state index is 12.0. The van der Waals surface area contributed by atoms with E-state index in [1.54, 1.807) is 31.2 Å². The Kier molecular flexibility index (Phi) is 3.98. The van der Waals surface area contributed by atoms with E-state index in [0.717, 1.165) is 10.0 Å². The van der Waals surface area contributed by atoms with Crippen LogP contribution in [-0.2, 0) is 14.6 Å². The Labute approximate surface area is 120 Å². The minimum absolute atomic E-state index is 0.365. The van der Waals surface area contributed by atoms with Crippen molar-refractivity contribution in [1.29, 1.82) is 0 Å². The summed E-state index contributed by atoms with van der Waals surface area (Å²) in [6.07, 6.45) is 0. The zero-order valence-corrected chi connectivity index (χ0v) is 12.6. The molecule has 0 amide bonds. The van der Waals surface area contributed by atoms with Crippen LogP contribution in [-0.4, -0.2) is 36.5 Å². The van der Waals surface area contributed by atoms with Crippen molar-refractivity contribution in [2.24, 2.45) is 0 Å². The van der Waals surface area contributed by atoms with Crippen molar-refractivity contribution < 1.29 is 18.3 Å². The summed E-state index contributed by atoms with van der Waals surface area (Å²) in [6, 6.07) is 5.63. The van der Waals surface area contributed by atoms with E-state index >= 15 is 0 Å². The summed E-state index contributed by atoms with van der Waals surface area (Å²) in [6.45, 7) is 1.60. The first kappa shape index (κ1) is 14.5. The Hall–Kier alpha value is -0.920. The molecule has 0 aromatic heterocycles. The van der Waals surface area contributed by atoms with Crippen LogP contribution >= 0.6 is 15.9 Å². The smallest absolute Gasteiger partial charge is 0.321 e. The molecule has 0 aliphatic carbocycles. The van der Waals surface area contributed by atoms with Crippen LogP contribution in [0.4, 0.5) is 0 Å². The van der Waals surface area contributed by atoms with Crippen LogP contribution in [0.2, 0.25) is 0 Å². The van der Waals surface area contributed by atoms with E-state index in [9.17, 15) is 13.2 Å². The van der Waals surface area contributed by atoms with Crippen LogP contribution in [0.3, 0.4) is 0 Å². The van der Waals surface area contributed by atoms with E-state index in [2.05, 4.69) is 21.2 Å². The second-order valence-electron chi connectivity index (χ2n) is 4.62. The fourth-order valence-corrected chi connectivity index (χ4v) is 4.09. The van der Waals surface area contributed by atoms with Gasteiger partial charge < -0.3 is 5.11 Å². The topological polar surface area (TPSA) is 83.5 Å². The second kappa shape index (κ2) is 5.22. The molecular weight excluding hydrogens is 334 g/mol. The number of hydrogen-bond acceptors (Lipinski definition) is 4. The number of nitrogens with one attached hydrogen (secondary N) is 1. The second-order valence-corrected chi connectivity index (χ2v) is 7.94. The number of aliphatic carboxylic acids is 1. The van der Waals surface area contributed by atoms with Crippen molar-refractivity contribution in [3.8, 4) is 0 Å². The molecule has 0 radical (unpaired) electrons. The van der Waals surface area contributed by atoms with Gasteiger partial charge in [-0.2, -0.15) is 0 Å². The molecule has 1 heterocycles. The predicted molar refractivity (Wildman–Crippen MR) is 74.7 cm³/mol. The van der Waals surface area contributed by atoms with Gasteiger partial charge in [-0.25, -0.2) is 8.42 Å². The number of carboxylic acid groups (broad SMARTS) is 1. The van der Waals surface area contributed by atoms with Crippen molar-refractivity contribution in [1.82, 2.24) is 5.32 Å². The summed E-state index contributed by atoms with van der Waals surface area (Å²) >= 11 is 3.31. The third-order valence-electron chi connectivity index (χ3n) is 3.34. The van der Waals surface area contributed by atoms with Crippen molar-refractivity contribution in [3.05, 3.63) is 34.3 Å². The highest BCUT2D eigenvalue weighted by molar-refractivity contribution is 9.10. The first-order valence-electron chi connectivity index (χ1n) is 5.77. The lowest BCUT2D eigenvalue weighted by Gasteiger charge is -2.34. The van der Waals surface area contributed by atoms with Crippen LogP contribution < -0.4 is 5.32 Å². The average Bonchev–Trinajstić information content (AvgIpc) is 2.33. The van der Waals surface area contributed by atoms with Gasteiger partial charge in [-0.3, -0.25) is 10.1 Å². The molecule has 19 heavy (non-hydrogen) atoms. The number of hydrogen-bond donors (Lipinski definition) is 2. The van der Waals surface area contributed by atoms with Crippen molar-refractivity contribution >= 4 is 31.7 Å². The van der Waals surface area contributed by atoms with Crippen molar-refractivity contribution in [3.63, 3.8) is 0 Å². The van der Waals surface area contributed by atoms with Gasteiger partial charge in [0.05, 0.1) is 11.0 Å². The summed E-state index contributed by atoms with van der Waals surface area (Å²) < 4.78 is 25.0. The number of carbonyl (C=O) groups is 1. The van der Waals surface area contributed by atoms with Crippen LogP contribution in [0.25, 0.3) is 0 Å². The Balaban J connectivity index is 2.37. The Morgan fingerprint density at radius 1 is 1.37 bits per heavy atom. The average molecular weight is 348 g/mol. The molecule has 5 nitrogen and oxygen atoms in total. The molecule has 0 bridgehead atoms. The number of rotatable bonds is 2. The molecule has 104 valence electrons. The molecule has 3 atom stereocenters. The number of carboxylic acids is 1. The summed E-state index contributed by atoms with van der Waals surface area (Å²) in [5.41, 5.74) is 0.769. The monoisotopic (exact) mass is 347 g/mol. The molecule has 2 N–H and O–H groups in total. The van der Waals surface area contributed by atoms with Gasteiger partial charge in [-0.15, -0.1) is 0 Å². The highest BCUT2D eigenvalue weighted by Crippen LogP contribution is 2.28. The molecule has 3 unspecified atom stereocenters. The normalized spacial score (nSPS) is 29.9. The summed E-state index contributed by atoms with van der Waals surface area (Å²) in [5.74, 6) is -1.51. The largest absolute Gasteiger partial charge is 0.480 e. The Morgan fingerprint density at radius 3 is 2.47 bits per heavy atom. The van der Waals surface area contributed by atoms with Gasteiger partial charge in [0.1, 0.15) is 6.04 Å². The van der Waals surface area contributed by atoms with Gasteiger partial charge in [0.15, 0.2) is 9.84 Å². The van der Waals surface area contributed by atoms with Crippen LogP contribution in [0.15, 0.2) is 28.7 Å². The molecule has 7 heteroatoms. The van der Waals surface area contributed by atoms with E-state index in [0.29, 0.717) is 0 Å². The molecule has 1 aromatic rings. The lowest BCUT2D eigenvalue weighted by atomic mass is 10.0.